The van der Waals surface area contributed by atoms with E-state index in [1.807, 2.05) is 0 Å². The van der Waals surface area contributed by atoms with Crippen LogP contribution in [0.1, 0.15) is 36.9 Å². The van der Waals surface area contributed by atoms with Crippen molar-refractivity contribution in [1.82, 2.24) is 4.98 Å². The zero-order chi connectivity index (χ0) is 27.7. The van der Waals surface area contributed by atoms with E-state index in [0.717, 1.165) is 17.5 Å². The number of aliphatic hydroxyl groups excluding tert-OH is 1. The van der Waals surface area contributed by atoms with Gasteiger partial charge in [0.05, 0.1) is 35.5 Å². The second-order valence-corrected chi connectivity index (χ2v) is 10.8. The van der Waals surface area contributed by atoms with Crippen molar-refractivity contribution in [2.45, 2.75) is 25.8 Å². The number of ether oxygens (including phenoxy) is 2. The number of unbranched alkanes of at least 4 members (excludes halogenated alkanes) is 1. The Kier molecular flexibility index (Phi) is 7.79. The van der Waals surface area contributed by atoms with E-state index in [1.165, 1.54) is 23.3 Å². The predicted molar refractivity (Wildman–Crippen MR) is 154 cm³/mol. The van der Waals surface area contributed by atoms with E-state index in [4.69, 9.17) is 32.7 Å². The highest BCUT2D eigenvalue weighted by molar-refractivity contribution is 7.22. The zero-order valence-electron chi connectivity index (χ0n) is 21.1. The van der Waals surface area contributed by atoms with Gasteiger partial charge in [-0.15, -0.1) is 0 Å². The van der Waals surface area contributed by atoms with Gasteiger partial charge in [0.15, 0.2) is 16.6 Å². The number of aromatic nitrogens is 1. The molecule has 1 fully saturated rings. The molecule has 1 atom stereocenters. The number of halogens is 2. The highest BCUT2D eigenvalue weighted by Gasteiger charge is 2.48. The molecule has 1 N–H and O–H groups in total. The molecule has 1 unspecified atom stereocenters. The summed E-state index contributed by atoms with van der Waals surface area (Å²) >= 11 is 13.4. The number of Topliss-reactive ketones (excluding diaryl/α,β-unsaturated/α-hetero) is 1. The molecule has 39 heavy (non-hydrogen) atoms. The molecule has 1 saturated heterocycles. The van der Waals surface area contributed by atoms with Crippen LogP contribution >= 0.6 is 34.5 Å². The number of thiazole rings is 1. The average molecular weight is 583 g/mol. The number of hydrogen-bond acceptors (Lipinski definition) is 7. The molecule has 0 radical (unpaired) electrons. The molecule has 4 aromatic rings. The maximum absolute atomic E-state index is 13.5. The van der Waals surface area contributed by atoms with E-state index in [0.29, 0.717) is 49.9 Å². The van der Waals surface area contributed by atoms with Crippen LogP contribution in [-0.2, 0) is 9.59 Å². The van der Waals surface area contributed by atoms with Crippen LogP contribution in [0.15, 0.2) is 66.2 Å². The van der Waals surface area contributed by atoms with E-state index < -0.39 is 17.7 Å². The Hall–Kier alpha value is -3.59. The molecule has 200 valence electrons. The van der Waals surface area contributed by atoms with Gasteiger partial charge in [0.1, 0.15) is 5.76 Å². The van der Waals surface area contributed by atoms with Crippen molar-refractivity contribution in [3.8, 4) is 11.5 Å². The molecular formula is C29H24Cl2N2O5S. The van der Waals surface area contributed by atoms with Crippen LogP contribution in [0.2, 0.25) is 10.0 Å². The molecule has 0 spiro atoms. The van der Waals surface area contributed by atoms with E-state index in [-0.39, 0.29) is 11.3 Å². The molecule has 10 heteroatoms. The minimum Gasteiger partial charge on any atom is -0.507 e. The number of carbonyl (C=O) groups is 2. The van der Waals surface area contributed by atoms with Gasteiger partial charge in [0, 0.05) is 15.6 Å². The largest absolute Gasteiger partial charge is 0.507 e. The Balaban J connectivity index is 1.68. The van der Waals surface area contributed by atoms with Crippen LogP contribution in [0.25, 0.3) is 16.0 Å². The van der Waals surface area contributed by atoms with Crippen molar-refractivity contribution >= 4 is 67.3 Å². The van der Waals surface area contributed by atoms with E-state index in [9.17, 15) is 14.7 Å². The molecule has 1 amide bonds. The summed E-state index contributed by atoms with van der Waals surface area (Å²) in [5.74, 6) is -0.963. The number of ketones is 1. The Labute approximate surface area is 239 Å². The predicted octanol–water partition coefficient (Wildman–Crippen LogP) is 7.42. The third-order valence-corrected chi connectivity index (χ3v) is 7.87. The number of carbonyl (C=O) groups excluding carboxylic acids is 2. The first-order valence-corrected chi connectivity index (χ1v) is 13.8. The number of anilines is 1. The van der Waals surface area contributed by atoms with Crippen LogP contribution in [0.4, 0.5) is 5.13 Å². The Morgan fingerprint density at radius 1 is 1.03 bits per heavy atom. The van der Waals surface area contributed by atoms with Crippen molar-refractivity contribution in [1.29, 1.82) is 0 Å². The number of hydrogen-bond donors (Lipinski definition) is 1. The second kappa shape index (κ2) is 11.3. The second-order valence-electron chi connectivity index (χ2n) is 8.90. The number of aliphatic hydroxyl groups is 1. The highest BCUT2D eigenvalue weighted by Crippen LogP contribution is 2.46. The van der Waals surface area contributed by atoms with Crippen molar-refractivity contribution in [3.05, 3.63) is 87.4 Å². The maximum atomic E-state index is 13.5. The van der Waals surface area contributed by atoms with Gasteiger partial charge in [-0.3, -0.25) is 14.5 Å². The van der Waals surface area contributed by atoms with Crippen molar-refractivity contribution < 1.29 is 24.2 Å². The third kappa shape index (κ3) is 5.20. The number of methoxy groups -OCH3 is 1. The van der Waals surface area contributed by atoms with Gasteiger partial charge < -0.3 is 14.6 Å². The van der Waals surface area contributed by atoms with Crippen LogP contribution in [0.5, 0.6) is 11.5 Å². The van der Waals surface area contributed by atoms with Gasteiger partial charge in [-0.25, -0.2) is 4.98 Å². The monoisotopic (exact) mass is 582 g/mol. The molecule has 3 aromatic carbocycles. The number of rotatable bonds is 8. The summed E-state index contributed by atoms with van der Waals surface area (Å²) in [4.78, 5) is 32.9. The Bertz CT molecular complexity index is 1600. The number of nitrogens with zero attached hydrogens (tertiary/aromatic N) is 2. The first-order valence-electron chi connectivity index (χ1n) is 12.3. The molecule has 1 aliphatic rings. The van der Waals surface area contributed by atoms with Crippen molar-refractivity contribution in [2.24, 2.45) is 0 Å². The van der Waals surface area contributed by atoms with Gasteiger partial charge in [0.25, 0.3) is 5.78 Å². The zero-order valence-corrected chi connectivity index (χ0v) is 23.4. The maximum Gasteiger partial charge on any atom is 0.301 e. The lowest BCUT2D eigenvalue weighted by molar-refractivity contribution is -0.132. The third-order valence-electron chi connectivity index (χ3n) is 6.37. The van der Waals surface area contributed by atoms with E-state index in [1.54, 1.807) is 60.7 Å². The van der Waals surface area contributed by atoms with Crippen molar-refractivity contribution in [2.75, 3.05) is 18.6 Å². The number of amides is 1. The summed E-state index contributed by atoms with van der Waals surface area (Å²) in [7, 11) is 1.52. The fourth-order valence-electron chi connectivity index (χ4n) is 4.40. The van der Waals surface area contributed by atoms with Gasteiger partial charge in [-0.05, 0) is 66.6 Å². The van der Waals surface area contributed by atoms with Crippen LogP contribution in [0.3, 0.4) is 0 Å². The lowest BCUT2D eigenvalue weighted by Gasteiger charge is -2.24. The van der Waals surface area contributed by atoms with E-state index >= 15 is 0 Å². The highest BCUT2D eigenvalue weighted by atomic mass is 35.5. The molecule has 1 aromatic heterocycles. The first-order chi connectivity index (χ1) is 18.8. The molecule has 0 saturated carbocycles. The minimum atomic E-state index is -0.977. The summed E-state index contributed by atoms with van der Waals surface area (Å²) in [6.45, 7) is 2.60. The first kappa shape index (κ1) is 27.0. The summed E-state index contributed by atoms with van der Waals surface area (Å²) in [6, 6.07) is 15.8. The molecule has 5 rings (SSSR count). The molecule has 1 aliphatic heterocycles. The molecule has 0 aliphatic carbocycles. The molecule has 7 nitrogen and oxygen atoms in total. The average Bonchev–Trinajstić information content (AvgIpc) is 3.46. The lowest BCUT2D eigenvalue weighted by atomic mass is 9.95. The van der Waals surface area contributed by atoms with Gasteiger partial charge in [-0.2, -0.15) is 0 Å². The smallest absolute Gasteiger partial charge is 0.301 e. The van der Waals surface area contributed by atoms with Crippen molar-refractivity contribution in [3.63, 3.8) is 0 Å². The number of fused-ring (bicyclic) bond motifs is 1. The normalized spacial score (nSPS) is 16.7. The van der Waals surface area contributed by atoms with Gasteiger partial charge >= 0.3 is 5.91 Å². The van der Waals surface area contributed by atoms with Crippen LogP contribution in [-0.4, -0.2) is 35.5 Å². The molecule has 0 bridgehead atoms. The Morgan fingerprint density at radius 3 is 2.49 bits per heavy atom. The van der Waals surface area contributed by atoms with Crippen LogP contribution < -0.4 is 14.4 Å². The number of benzene rings is 3. The fourth-order valence-corrected chi connectivity index (χ4v) is 5.79. The van der Waals surface area contributed by atoms with Gasteiger partial charge in [-0.1, -0.05) is 53.9 Å². The van der Waals surface area contributed by atoms with E-state index in [2.05, 4.69) is 11.9 Å². The van der Waals surface area contributed by atoms with Crippen LogP contribution in [0, 0.1) is 0 Å². The molecule has 2 heterocycles. The summed E-state index contributed by atoms with van der Waals surface area (Å²) in [5.41, 5.74) is 1.46. The topological polar surface area (TPSA) is 89.0 Å². The summed E-state index contributed by atoms with van der Waals surface area (Å²) in [6.07, 6.45) is 1.86. The standard InChI is InChI=1S/C29H24Cl2N2O5S/c1-3-4-13-38-21-12-7-17(14-22(21)37-2)25-24(26(34)16-5-8-18(30)9-6-16)27(35)28(36)33(25)29-32-20-11-10-19(31)15-23(20)39-29/h5-12,14-15,25,34H,3-4,13H2,1-2H3/b26-24+. The lowest BCUT2D eigenvalue weighted by Crippen LogP contribution is -2.29. The van der Waals surface area contributed by atoms with Gasteiger partial charge in [0.2, 0.25) is 0 Å². The fraction of sp³-hybridized carbons (Fsp3) is 0.207. The quantitative estimate of drug-likeness (QED) is 0.101. The minimum absolute atomic E-state index is 0.0682. The molecular weight excluding hydrogens is 559 g/mol. The Morgan fingerprint density at radius 2 is 1.77 bits per heavy atom. The summed E-state index contributed by atoms with van der Waals surface area (Å²) in [5, 5.41) is 12.6. The SMILES string of the molecule is CCCCOc1ccc(C2/C(=C(\O)c3ccc(Cl)cc3)C(=O)C(=O)N2c2nc3ccc(Cl)cc3s2)cc1OC. The summed E-state index contributed by atoms with van der Waals surface area (Å²) < 4.78 is 12.2.